The maximum atomic E-state index is 2.72. The predicted octanol–water partition coefficient (Wildman–Crippen LogP) is 9.61. The van der Waals surface area contributed by atoms with Crippen molar-refractivity contribution in [3.63, 3.8) is 0 Å². The summed E-state index contributed by atoms with van der Waals surface area (Å²) in [6.07, 6.45) is 11.2. The Balaban J connectivity index is 0.00000257. The van der Waals surface area contributed by atoms with Crippen LogP contribution in [0.15, 0.2) is 96.1 Å². The first-order valence-corrected chi connectivity index (χ1v) is 29.0. The zero-order chi connectivity index (χ0) is 37.9. The molecule has 55 heavy (non-hydrogen) atoms. The maximum absolute atomic E-state index is 3.43. The third-order valence-electron chi connectivity index (χ3n) is 13.9. The van der Waals surface area contributed by atoms with Gasteiger partial charge >= 0.3 is 329 Å². The summed E-state index contributed by atoms with van der Waals surface area (Å²) in [6.45, 7) is 29.0. The van der Waals surface area contributed by atoms with Gasteiger partial charge in [-0.3, -0.25) is 0 Å². The van der Waals surface area contributed by atoms with E-state index < -0.39 is 20.0 Å². The molecule has 1 aliphatic heterocycles. The number of fused-ring (bicyclic) bond motifs is 3. The molecule has 290 valence electrons. The maximum Gasteiger partial charge on any atom is -1.00 e. The third-order valence-corrected chi connectivity index (χ3v) is 38.4. The van der Waals surface area contributed by atoms with Crippen molar-refractivity contribution in [1.29, 1.82) is 0 Å². The normalized spacial score (nSPS) is 23.3. The molecule has 4 atom stereocenters. The molecule has 2 fully saturated rings. The van der Waals surface area contributed by atoms with Gasteiger partial charge in [-0.05, 0) is 0 Å². The standard InChI is InChI=1S/2C23H27.C6H10.2ClH.Hf/c2*1-22(2,3)18-12-10-16(11-13-18)20-9-7-8-17-14-19(15-21(17)20)23(4,5)6;1-2-4-6-5-3-1;;;/h2*7-15H,1-6H3;1-2H,3-6H2;2*1H;/q;;;;;+2/p-2. The molecule has 1 heterocycles. The molecule has 0 spiro atoms. The molecule has 1 saturated heterocycles. The quantitative estimate of drug-likeness (QED) is 0.179. The summed E-state index contributed by atoms with van der Waals surface area (Å²) in [5, 5.41) is 0. The van der Waals surface area contributed by atoms with Gasteiger partial charge in [-0.1, -0.05) is 0 Å². The Morgan fingerprint density at radius 2 is 0.782 bits per heavy atom. The first-order valence-electron chi connectivity index (χ1n) is 20.7. The van der Waals surface area contributed by atoms with Crippen molar-refractivity contribution in [2.24, 2.45) is 10.8 Å². The van der Waals surface area contributed by atoms with E-state index in [0.29, 0.717) is 7.35 Å². The monoisotopic (exact) mass is 938 g/mol. The number of rotatable bonds is 4. The fourth-order valence-corrected chi connectivity index (χ4v) is 48.0. The summed E-state index contributed by atoms with van der Waals surface area (Å²) in [7, 11) is 0. The van der Waals surface area contributed by atoms with Crippen LogP contribution in [0.3, 0.4) is 0 Å². The molecule has 0 amide bonds. The van der Waals surface area contributed by atoms with Gasteiger partial charge in [-0.15, -0.1) is 0 Å². The van der Waals surface area contributed by atoms with Crippen LogP contribution in [-0.2, 0) is 30.8 Å². The Bertz CT molecular complexity index is 1970. The smallest absolute Gasteiger partial charge is 1.00 e. The van der Waals surface area contributed by atoms with Crippen molar-refractivity contribution in [1.82, 2.24) is 0 Å². The molecule has 8 rings (SSSR count). The molecule has 0 aromatic heterocycles. The molecule has 0 radical (unpaired) electrons. The summed E-state index contributed by atoms with van der Waals surface area (Å²) in [4.78, 5) is 0. The SMILES string of the molecule is CC(C)(C)C1=Cc2c(-c3ccc(C(C)(C)C)cc3)cccc2[CH]1[Hf+2]1([CH]2C(C(C)(C)C)=Cc3c(-c4ccc(C(C)(C)C)cc4)cccc32)[CH]2CCCC[CH]21.[Cl-].[Cl-]. The van der Waals surface area contributed by atoms with E-state index >= 15 is 0 Å². The van der Waals surface area contributed by atoms with E-state index in [9.17, 15) is 0 Å². The van der Waals surface area contributed by atoms with Gasteiger partial charge in [0.2, 0.25) is 0 Å². The minimum Gasteiger partial charge on any atom is -1.00 e. The van der Waals surface area contributed by atoms with E-state index in [2.05, 4.69) is 180 Å². The summed E-state index contributed by atoms with van der Waals surface area (Å²) in [6, 6.07) is 33.9. The van der Waals surface area contributed by atoms with E-state index in [4.69, 9.17) is 0 Å². The molecule has 1 saturated carbocycles. The second kappa shape index (κ2) is 14.6. The van der Waals surface area contributed by atoms with Gasteiger partial charge in [0.15, 0.2) is 0 Å². The zero-order valence-corrected chi connectivity index (χ0v) is 40.7. The molecule has 3 heteroatoms. The largest absolute Gasteiger partial charge is 1.00 e. The van der Waals surface area contributed by atoms with Crippen LogP contribution < -0.4 is 24.8 Å². The summed E-state index contributed by atoms with van der Waals surface area (Å²) in [5.74, 6) is 0. The van der Waals surface area contributed by atoms with Gasteiger partial charge in [0.1, 0.15) is 0 Å². The van der Waals surface area contributed by atoms with E-state index in [0.717, 1.165) is 7.35 Å². The number of halogens is 2. The van der Waals surface area contributed by atoms with E-state index in [1.165, 1.54) is 70.2 Å². The van der Waals surface area contributed by atoms with Gasteiger partial charge in [-0.2, -0.15) is 0 Å². The minimum atomic E-state index is -3.43. The van der Waals surface area contributed by atoms with E-state index in [1.54, 1.807) is 22.3 Å². The van der Waals surface area contributed by atoms with Crippen molar-refractivity contribution >= 4 is 12.2 Å². The molecular weight excluding hydrogens is 874 g/mol. The van der Waals surface area contributed by atoms with Crippen LogP contribution in [0, 0.1) is 10.8 Å². The van der Waals surface area contributed by atoms with Crippen LogP contribution in [-0.4, -0.2) is 0 Å². The fourth-order valence-electron chi connectivity index (χ4n) is 11.2. The van der Waals surface area contributed by atoms with Crippen LogP contribution in [0.4, 0.5) is 0 Å². The predicted molar refractivity (Wildman–Crippen MR) is 227 cm³/mol. The van der Waals surface area contributed by atoms with E-state index in [-0.39, 0.29) is 46.5 Å². The average molecular weight is 938 g/mol. The minimum absolute atomic E-state index is 0. The Morgan fingerprint density at radius 1 is 0.436 bits per heavy atom. The average Bonchev–Trinajstić information content (AvgIpc) is 3.35. The number of allylic oxidation sites excluding steroid dienone is 2. The Kier molecular flexibility index (Phi) is 11.2. The molecule has 4 aliphatic rings. The molecule has 4 unspecified atom stereocenters. The molecule has 4 aromatic rings. The Labute approximate surface area is 351 Å². The van der Waals surface area contributed by atoms with Crippen LogP contribution in [0.5, 0.6) is 0 Å². The number of hydrogen-bond donors (Lipinski definition) is 0. The second-order valence-electron chi connectivity index (χ2n) is 21.3. The van der Waals surface area contributed by atoms with Gasteiger partial charge in [0, 0.05) is 0 Å². The van der Waals surface area contributed by atoms with Crippen molar-refractivity contribution in [2.45, 2.75) is 134 Å². The first-order chi connectivity index (χ1) is 24.8. The van der Waals surface area contributed by atoms with Crippen LogP contribution in [0.1, 0.15) is 149 Å². The summed E-state index contributed by atoms with van der Waals surface area (Å²) >= 11 is -3.43. The van der Waals surface area contributed by atoms with Crippen molar-refractivity contribution in [2.75, 3.05) is 0 Å². The van der Waals surface area contributed by atoms with Crippen molar-refractivity contribution in [3.8, 4) is 22.3 Å². The van der Waals surface area contributed by atoms with Gasteiger partial charge < -0.3 is 24.8 Å². The molecule has 0 nitrogen and oxygen atoms in total. The third kappa shape index (κ3) is 7.07. The van der Waals surface area contributed by atoms with Crippen molar-refractivity contribution in [3.05, 3.63) is 129 Å². The Hall–Kier alpha value is -2.19. The van der Waals surface area contributed by atoms with E-state index in [1.807, 2.05) is 0 Å². The summed E-state index contributed by atoms with van der Waals surface area (Å²) in [5.41, 5.74) is 18.8. The van der Waals surface area contributed by atoms with Crippen LogP contribution in [0.2, 0.25) is 7.35 Å². The van der Waals surface area contributed by atoms with Crippen molar-refractivity contribution < 1.29 is 44.8 Å². The zero-order valence-electron chi connectivity index (χ0n) is 35.6. The molecule has 0 bridgehead atoms. The van der Waals surface area contributed by atoms with Gasteiger partial charge in [0.05, 0.1) is 0 Å². The molecule has 3 aliphatic carbocycles. The second-order valence-corrected chi connectivity index (χ2v) is 38.0. The number of hydrogen-bond acceptors (Lipinski definition) is 0. The number of benzene rings is 4. The molecular formula is C52H64Cl2Hf. The molecule has 0 N–H and O–H groups in total. The van der Waals surface area contributed by atoms with Crippen LogP contribution >= 0.6 is 0 Å². The first kappa shape index (κ1) is 42.4. The molecule has 4 aromatic carbocycles. The summed E-state index contributed by atoms with van der Waals surface area (Å²) < 4.78 is 3.17. The topological polar surface area (TPSA) is 0 Å². The fraction of sp³-hybridized carbons (Fsp3) is 0.462. The van der Waals surface area contributed by atoms with Crippen LogP contribution in [0.25, 0.3) is 34.4 Å². The van der Waals surface area contributed by atoms with Gasteiger partial charge in [0.25, 0.3) is 0 Å². The van der Waals surface area contributed by atoms with Gasteiger partial charge in [-0.25, -0.2) is 0 Å². The Morgan fingerprint density at radius 3 is 1.09 bits per heavy atom.